The van der Waals surface area contributed by atoms with Crippen molar-refractivity contribution in [2.75, 3.05) is 5.32 Å². The highest BCUT2D eigenvalue weighted by atomic mass is 16.1. The Hall–Kier alpha value is -4.00. The molecule has 0 bridgehead atoms. The molecule has 0 aromatic carbocycles. The Morgan fingerprint density at radius 3 is 2.37 bits per heavy atom. The van der Waals surface area contributed by atoms with Crippen molar-refractivity contribution >= 4 is 11.7 Å². The molecule has 7 nitrogen and oxygen atoms in total. The first kappa shape index (κ1) is 19.3. The zero-order valence-corrected chi connectivity index (χ0v) is 16.7. The smallest absolute Gasteiger partial charge is 0.230 e. The van der Waals surface area contributed by atoms with Gasteiger partial charge in [-0.25, -0.2) is 4.98 Å². The highest BCUT2D eigenvalue weighted by Crippen LogP contribution is 2.22. The molecule has 0 aliphatic rings. The molecule has 0 saturated carbocycles. The van der Waals surface area contributed by atoms with Crippen molar-refractivity contribution in [2.24, 2.45) is 0 Å². The van der Waals surface area contributed by atoms with Crippen LogP contribution < -0.4 is 5.32 Å². The molecule has 30 heavy (non-hydrogen) atoms. The third kappa shape index (κ3) is 4.52. The van der Waals surface area contributed by atoms with Crippen molar-refractivity contribution in [1.29, 1.82) is 0 Å². The van der Waals surface area contributed by atoms with E-state index in [-0.39, 0.29) is 12.3 Å². The molecule has 0 unspecified atom stereocenters. The molecule has 0 atom stereocenters. The Balaban J connectivity index is 1.42. The van der Waals surface area contributed by atoms with Crippen LogP contribution in [-0.4, -0.2) is 31.1 Å². The van der Waals surface area contributed by atoms with E-state index in [1.165, 1.54) is 0 Å². The van der Waals surface area contributed by atoms with Gasteiger partial charge in [0.15, 0.2) is 0 Å². The average molecular weight is 396 g/mol. The molecular formula is C23H20N6O. The topological polar surface area (TPSA) is 93.6 Å². The first-order valence-corrected chi connectivity index (χ1v) is 9.50. The Labute approximate surface area is 174 Å². The lowest BCUT2D eigenvalue weighted by Gasteiger charge is -2.09. The van der Waals surface area contributed by atoms with Crippen LogP contribution in [0.15, 0.2) is 67.4 Å². The molecule has 0 aliphatic heterocycles. The molecule has 148 valence electrons. The van der Waals surface area contributed by atoms with Crippen molar-refractivity contribution in [3.8, 4) is 22.4 Å². The summed E-state index contributed by atoms with van der Waals surface area (Å²) in [5.41, 5.74) is 6.54. The second-order valence-electron chi connectivity index (χ2n) is 6.98. The molecule has 0 radical (unpaired) electrons. The minimum Gasteiger partial charge on any atom is -0.310 e. The second kappa shape index (κ2) is 8.57. The van der Waals surface area contributed by atoms with E-state index in [0.717, 1.165) is 39.2 Å². The van der Waals surface area contributed by atoms with E-state index >= 15 is 0 Å². The molecule has 1 N–H and O–H groups in total. The molecule has 1 amide bonds. The van der Waals surface area contributed by atoms with Crippen LogP contribution in [0.5, 0.6) is 0 Å². The number of hydrogen-bond donors (Lipinski definition) is 1. The van der Waals surface area contributed by atoms with Gasteiger partial charge in [0.25, 0.3) is 0 Å². The van der Waals surface area contributed by atoms with Crippen LogP contribution in [0.25, 0.3) is 22.4 Å². The molecule has 0 aliphatic carbocycles. The first-order valence-electron chi connectivity index (χ1n) is 9.50. The summed E-state index contributed by atoms with van der Waals surface area (Å²) >= 11 is 0. The van der Waals surface area contributed by atoms with Gasteiger partial charge in [-0.15, -0.1) is 0 Å². The number of amides is 1. The summed E-state index contributed by atoms with van der Waals surface area (Å²) in [7, 11) is 0. The summed E-state index contributed by atoms with van der Waals surface area (Å²) < 4.78 is 0. The lowest BCUT2D eigenvalue weighted by Crippen LogP contribution is -2.15. The van der Waals surface area contributed by atoms with Gasteiger partial charge in [-0.2, -0.15) is 10.2 Å². The van der Waals surface area contributed by atoms with Gasteiger partial charge in [0.1, 0.15) is 5.82 Å². The second-order valence-corrected chi connectivity index (χ2v) is 6.98. The van der Waals surface area contributed by atoms with Crippen LogP contribution in [0, 0.1) is 13.8 Å². The number of hydrogen-bond acceptors (Lipinski definition) is 6. The number of carbonyl (C=O) groups excluding carboxylic acids is 1. The van der Waals surface area contributed by atoms with E-state index in [4.69, 9.17) is 0 Å². The molecule has 7 heteroatoms. The van der Waals surface area contributed by atoms with Crippen LogP contribution in [0.2, 0.25) is 0 Å². The summed E-state index contributed by atoms with van der Waals surface area (Å²) in [6.07, 6.45) is 8.73. The molecule has 4 aromatic heterocycles. The van der Waals surface area contributed by atoms with Crippen LogP contribution in [0.3, 0.4) is 0 Å². The van der Waals surface area contributed by atoms with E-state index in [1.54, 1.807) is 37.1 Å². The molecule has 0 saturated heterocycles. The van der Waals surface area contributed by atoms with Crippen LogP contribution in [0.1, 0.15) is 16.8 Å². The third-order valence-electron chi connectivity index (χ3n) is 4.62. The van der Waals surface area contributed by atoms with E-state index in [1.807, 2.05) is 44.2 Å². The first-order chi connectivity index (χ1) is 14.6. The average Bonchev–Trinajstić information content (AvgIpc) is 2.75. The van der Waals surface area contributed by atoms with Crippen molar-refractivity contribution in [1.82, 2.24) is 25.1 Å². The summed E-state index contributed by atoms with van der Waals surface area (Å²) in [6.45, 7) is 3.94. The summed E-state index contributed by atoms with van der Waals surface area (Å²) in [5.74, 6) is 0.355. The van der Waals surface area contributed by atoms with E-state index in [0.29, 0.717) is 5.82 Å². The summed E-state index contributed by atoms with van der Waals surface area (Å²) in [5, 5.41) is 10.5. The van der Waals surface area contributed by atoms with E-state index in [9.17, 15) is 4.79 Å². The van der Waals surface area contributed by atoms with Crippen LogP contribution in [-0.2, 0) is 11.2 Å². The summed E-state index contributed by atoms with van der Waals surface area (Å²) in [4.78, 5) is 25.5. The fraction of sp³-hybridized carbons (Fsp3) is 0.130. The van der Waals surface area contributed by atoms with E-state index in [2.05, 4.69) is 30.5 Å². The fourth-order valence-electron chi connectivity index (χ4n) is 3.20. The lowest BCUT2D eigenvalue weighted by molar-refractivity contribution is -0.115. The Morgan fingerprint density at radius 2 is 1.67 bits per heavy atom. The minimum absolute atomic E-state index is 0.144. The predicted molar refractivity (Wildman–Crippen MR) is 115 cm³/mol. The van der Waals surface area contributed by atoms with Crippen molar-refractivity contribution in [3.63, 3.8) is 0 Å². The van der Waals surface area contributed by atoms with Crippen LogP contribution in [0.4, 0.5) is 5.82 Å². The summed E-state index contributed by atoms with van der Waals surface area (Å²) in [6, 6.07) is 11.4. The van der Waals surface area contributed by atoms with Gasteiger partial charge in [0.05, 0.1) is 24.5 Å². The monoisotopic (exact) mass is 396 g/mol. The van der Waals surface area contributed by atoms with Gasteiger partial charge in [-0.1, -0.05) is 6.07 Å². The van der Waals surface area contributed by atoms with Gasteiger partial charge in [-0.3, -0.25) is 14.8 Å². The molecule has 4 aromatic rings. The fourth-order valence-corrected chi connectivity index (χ4v) is 3.20. The lowest BCUT2D eigenvalue weighted by atomic mass is 10.0. The van der Waals surface area contributed by atoms with Crippen molar-refractivity contribution in [2.45, 2.75) is 20.3 Å². The Kier molecular flexibility index (Phi) is 5.52. The number of aryl methyl sites for hydroxylation is 2. The quantitative estimate of drug-likeness (QED) is 0.552. The Bertz CT molecular complexity index is 1180. The van der Waals surface area contributed by atoms with E-state index < -0.39 is 0 Å². The maximum absolute atomic E-state index is 12.4. The van der Waals surface area contributed by atoms with Crippen LogP contribution >= 0.6 is 0 Å². The highest BCUT2D eigenvalue weighted by molar-refractivity contribution is 5.91. The minimum atomic E-state index is -0.144. The van der Waals surface area contributed by atoms with Gasteiger partial charge in [-0.05, 0) is 55.3 Å². The third-order valence-corrected chi connectivity index (χ3v) is 4.62. The number of nitrogens with zero attached hydrogens (tertiary/aromatic N) is 5. The van der Waals surface area contributed by atoms with Gasteiger partial charge in [0, 0.05) is 41.0 Å². The number of carbonyl (C=O) groups is 1. The standard InChI is InChI=1S/C23H20N6O/c1-15-9-17(12-26-23(15)18-5-7-24-16(2)10-18)11-22(30)29-21-4-3-19(13-25-21)20-6-8-27-28-14-20/h3-10,12-14H,11H2,1-2H3,(H,25,29,30). The highest BCUT2D eigenvalue weighted by Gasteiger charge is 2.10. The SMILES string of the molecule is Cc1cc(-c2ncc(CC(=O)Nc3ccc(-c4ccnnc4)cn3)cc2C)ccn1. The largest absolute Gasteiger partial charge is 0.310 e. The number of nitrogens with one attached hydrogen (secondary N) is 1. The number of rotatable bonds is 5. The van der Waals surface area contributed by atoms with Crippen molar-refractivity contribution < 1.29 is 4.79 Å². The van der Waals surface area contributed by atoms with Gasteiger partial charge >= 0.3 is 0 Å². The number of aromatic nitrogens is 5. The maximum atomic E-state index is 12.4. The molecular weight excluding hydrogens is 376 g/mol. The maximum Gasteiger partial charge on any atom is 0.230 e. The molecule has 0 spiro atoms. The van der Waals surface area contributed by atoms with Gasteiger partial charge in [0.2, 0.25) is 5.91 Å². The number of anilines is 1. The van der Waals surface area contributed by atoms with Gasteiger partial charge < -0.3 is 5.32 Å². The molecule has 0 fully saturated rings. The Morgan fingerprint density at radius 1 is 0.833 bits per heavy atom. The zero-order valence-electron chi connectivity index (χ0n) is 16.7. The number of pyridine rings is 3. The normalized spacial score (nSPS) is 10.6. The predicted octanol–water partition coefficient (Wildman–Crippen LogP) is 3.79. The molecule has 4 heterocycles. The van der Waals surface area contributed by atoms with Crippen molar-refractivity contribution in [3.05, 3.63) is 84.2 Å². The zero-order chi connectivity index (χ0) is 20.9. The molecule has 4 rings (SSSR count).